The number of nitrogens with one attached hydrogen (secondary N) is 2. The molecule has 2 aromatic carbocycles. The number of ether oxygens (including phenoxy) is 3. The zero-order valence-corrected chi connectivity index (χ0v) is 14.3. The lowest BCUT2D eigenvalue weighted by Crippen LogP contribution is -2.22. The van der Waals surface area contributed by atoms with E-state index in [0.29, 0.717) is 29.4 Å². The van der Waals surface area contributed by atoms with Crippen molar-refractivity contribution < 1.29 is 19.0 Å². The van der Waals surface area contributed by atoms with Gasteiger partial charge in [-0.05, 0) is 29.8 Å². The lowest BCUT2D eigenvalue weighted by molar-refractivity contribution is 0.0951. The monoisotopic (exact) mass is 341 g/mol. The molecule has 0 radical (unpaired) electrons. The molecule has 1 heterocycles. The Kier molecular flexibility index (Phi) is 4.74. The average molecular weight is 341 g/mol. The molecule has 3 aromatic rings. The largest absolute Gasteiger partial charge is 0.493 e. The van der Waals surface area contributed by atoms with Gasteiger partial charge in [-0.1, -0.05) is 6.07 Å². The van der Waals surface area contributed by atoms with E-state index in [4.69, 9.17) is 14.2 Å². The normalized spacial score (nSPS) is 10.5. The quantitative estimate of drug-likeness (QED) is 0.719. The Morgan fingerprint density at radius 1 is 1.08 bits per heavy atom. The van der Waals surface area contributed by atoms with E-state index in [1.54, 1.807) is 51.8 Å². The van der Waals surface area contributed by atoms with Crippen molar-refractivity contribution in [1.29, 1.82) is 0 Å². The molecular formula is C18H19N3O4. The van der Waals surface area contributed by atoms with Gasteiger partial charge in [-0.25, -0.2) is 0 Å². The van der Waals surface area contributed by atoms with Crippen molar-refractivity contribution in [1.82, 2.24) is 15.5 Å². The van der Waals surface area contributed by atoms with E-state index in [1.165, 1.54) is 0 Å². The number of H-pyrrole nitrogens is 1. The third-order valence-corrected chi connectivity index (χ3v) is 3.88. The van der Waals surface area contributed by atoms with Crippen LogP contribution in [0.4, 0.5) is 0 Å². The van der Waals surface area contributed by atoms with Crippen molar-refractivity contribution in [3.05, 3.63) is 47.7 Å². The highest BCUT2D eigenvalue weighted by molar-refractivity contribution is 5.97. The van der Waals surface area contributed by atoms with E-state index in [1.807, 2.05) is 6.07 Å². The van der Waals surface area contributed by atoms with Gasteiger partial charge in [0.2, 0.25) is 5.75 Å². The summed E-state index contributed by atoms with van der Waals surface area (Å²) < 4.78 is 15.9. The van der Waals surface area contributed by atoms with Crippen LogP contribution in [0.5, 0.6) is 17.2 Å². The highest BCUT2D eigenvalue weighted by atomic mass is 16.5. The summed E-state index contributed by atoms with van der Waals surface area (Å²) in [5, 5.41) is 10.7. The standard InChI is InChI=1S/C18H19N3O4/c1-23-15-6-11(7-16(24-2)17(15)25-3)9-19-18(22)12-4-5-13-10-20-21-14(13)8-12/h4-8,10H,9H2,1-3H3,(H,19,22)(H,20,21). The highest BCUT2D eigenvalue weighted by Gasteiger charge is 2.14. The van der Waals surface area contributed by atoms with Gasteiger partial charge in [-0.2, -0.15) is 5.10 Å². The van der Waals surface area contributed by atoms with Crippen LogP contribution in [0.1, 0.15) is 15.9 Å². The summed E-state index contributed by atoms with van der Waals surface area (Å²) in [7, 11) is 4.66. The van der Waals surface area contributed by atoms with Crippen LogP contribution in [0.25, 0.3) is 10.9 Å². The Hall–Kier alpha value is -3.22. The number of aromatic amines is 1. The van der Waals surface area contributed by atoms with Crippen LogP contribution in [0.3, 0.4) is 0 Å². The minimum Gasteiger partial charge on any atom is -0.493 e. The Labute approximate surface area is 144 Å². The summed E-state index contributed by atoms with van der Waals surface area (Å²) in [5.41, 5.74) is 2.22. The van der Waals surface area contributed by atoms with Gasteiger partial charge in [0.05, 0.1) is 33.0 Å². The zero-order chi connectivity index (χ0) is 17.8. The van der Waals surface area contributed by atoms with Gasteiger partial charge < -0.3 is 19.5 Å². The molecule has 0 unspecified atom stereocenters. The molecular weight excluding hydrogens is 322 g/mol. The van der Waals surface area contributed by atoms with E-state index in [9.17, 15) is 4.79 Å². The van der Waals surface area contributed by atoms with Crippen molar-refractivity contribution in [2.75, 3.05) is 21.3 Å². The fourth-order valence-electron chi connectivity index (χ4n) is 2.60. The fourth-order valence-corrected chi connectivity index (χ4v) is 2.60. The lowest BCUT2D eigenvalue weighted by atomic mass is 10.1. The van der Waals surface area contributed by atoms with Crippen LogP contribution in [-0.4, -0.2) is 37.4 Å². The molecule has 25 heavy (non-hydrogen) atoms. The number of hydrogen-bond donors (Lipinski definition) is 2. The van der Waals surface area contributed by atoms with Crippen LogP contribution >= 0.6 is 0 Å². The van der Waals surface area contributed by atoms with Gasteiger partial charge in [0, 0.05) is 17.5 Å². The van der Waals surface area contributed by atoms with E-state index in [-0.39, 0.29) is 5.91 Å². The second-order valence-corrected chi connectivity index (χ2v) is 5.39. The van der Waals surface area contributed by atoms with Gasteiger partial charge in [0.1, 0.15) is 0 Å². The molecule has 130 valence electrons. The van der Waals surface area contributed by atoms with E-state index < -0.39 is 0 Å². The third kappa shape index (κ3) is 3.35. The smallest absolute Gasteiger partial charge is 0.251 e. The van der Waals surface area contributed by atoms with Gasteiger partial charge in [-0.15, -0.1) is 0 Å². The number of nitrogens with zero attached hydrogens (tertiary/aromatic N) is 1. The number of carbonyl (C=O) groups is 1. The van der Waals surface area contributed by atoms with Gasteiger partial charge in [0.15, 0.2) is 11.5 Å². The summed E-state index contributed by atoms with van der Waals surface area (Å²) in [5.74, 6) is 1.44. The molecule has 0 atom stereocenters. The fraction of sp³-hybridized carbons (Fsp3) is 0.222. The highest BCUT2D eigenvalue weighted by Crippen LogP contribution is 2.38. The maximum atomic E-state index is 12.4. The number of methoxy groups -OCH3 is 3. The molecule has 0 aliphatic carbocycles. The Bertz CT molecular complexity index is 879. The van der Waals surface area contributed by atoms with Crippen molar-refractivity contribution >= 4 is 16.8 Å². The number of carbonyl (C=O) groups excluding carboxylic acids is 1. The second-order valence-electron chi connectivity index (χ2n) is 5.39. The number of aromatic nitrogens is 2. The maximum Gasteiger partial charge on any atom is 0.251 e. The van der Waals surface area contributed by atoms with E-state index in [2.05, 4.69) is 15.5 Å². The predicted molar refractivity (Wildman–Crippen MR) is 93.4 cm³/mol. The molecule has 2 N–H and O–H groups in total. The minimum absolute atomic E-state index is 0.176. The number of benzene rings is 2. The first kappa shape index (κ1) is 16.6. The minimum atomic E-state index is -0.176. The van der Waals surface area contributed by atoms with Crippen molar-refractivity contribution in [3.63, 3.8) is 0 Å². The van der Waals surface area contributed by atoms with Gasteiger partial charge in [-0.3, -0.25) is 9.89 Å². The zero-order valence-electron chi connectivity index (χ0n) is 14.3. The van der Waals surface area contributed by atoms with Crippen molar-refractivity contribution in [2.45, 2.75) is 6.54 Å². The van der Waals surface area contributed by atoms with Crippen molar-refractivity contribution in [2.24, 2.45) is 0 Å². The first-order chi connectivity index (χ1) is 12.2. The van der Waals surface area contributed by atoms with E-state index in [0.717, 1.165) is 16.5 Å². The SMILES string of the molecule is COc1cc(CNC(=O)c2ccc3cn[nH]c3c2)cc(OC)c1OC. The van der Waals surface area contributed by atoms with Crippen LogP contribution in [0, 0.1) is 0 Å². The summed E-state index contributed by atoms with van der Waals surface area (Å²) in [6, 6.07) is 9.00. The van der Waals surface area contributed by atoms with Crippen LogP contribution in [-0.2, 0) is 6.54 Å². The molecule has 0 fully saturated rings. The first-order valence-electron chi connectivity index (χ1n) is 7.66. The molecule has 7 heteroatoms. The molecule has 0 saturated carbocycles. The molecule has 1 amide bonds. The molecule has 0 spiro atoms. The number of hydrogen-bond acceptors (Lipinski definition) is 5. The average Bonchev–Trinajstić information content (AvgIpc) is 3.12. The summed E-state index contributed by atoms with van der Waals surface area (Å²) in [6.07, 6.45) is 1.72. The van der Waals surface area contributed by atoms with Crippen LogP contribution in [0.2, 0.25) is 0 Å². The van der Waals surface area contributed by atoms with Gasteiger partial charge in [0.25, 0.3) is 5.91 Å². The molecule has 3 rings (SSSR count). The van der Waals surface area contributed by atoms with Gasteiger partial charge >= 0.3 is 0 Å². The Morgan fingerprint density at radius 3 is 2.44 bits per heavy atom. The molecule has 0 aliphatic rings. The topological polar surface area (TPSA) is 85.5 Å². The molecule has 7 nitrogen and oxygen atoms in total. The van der Waals surface area contributed by atoms with Crippen LogP contribution < -0.4 is 19.5 Å². The summed E-state index contributed by atoms with van der Waals surface area (Å²) >= 11 is 0. The summed E-state index contributed by atoms with van der Waals surface area (Å²) in [6.45, 7) is 0.330. The Morgan fingerprint density at radius 2 is 1.80 bits per heavy atom. The first-order valence-corrected chi connectivity index (χ1v) is 7.66. The Balaban J connectivity index is 1.77. The molecule has 0 bridgehead atoms. The third-order valence-electron chi connectivity index (χ3n) is 3.88. The number of amides is 1. The number of fused-ring (bicyclic) bond motifs is 1. The predicted octanol–water partition coefficient (Wildman–Crippen LogP) is 2.52. The number of rotatable bonds is 6. The summed E-state index contributed by atoms with van der Waals surface area (Å²) in [4.78, 5) is 12.4. The lowest BCUT2D eigenvalue weighted by Gasteiger charge is -2.14. The maximum absolute atomic E-state index is 12.4. The van der Waals surface area contributed by atoms with Crippen molar-refractivity contribution in [3.8, 4) is 17.2 Å². The molecule has 0 aliphatic heterocycles. The molecule has 0 saturated heterocycles. The van der Waals surface area contributed by atoms with Crippen LogP contribution in [0.15, 0.2) is 36.5 Å². The second kappa shape index (κ2) is 7.12. The van der Waals surface area contributed by atoms with E-state index >= 15 is 0 Å². The molecule has 1 aromatic heterocycles.